The first-order chi connectivity index (χ1) is 14.9. The molecule has 1 aliphatic heterocycles. The number of aromatic nitrogens is 4. The number of fused-ring (bicyclic) bond motifs is 3. The van der Waals surface area contributed by atoms with Crippen molar-refractivity contribution >= 4 is 45.6 Å². The van der Waals surface area contributed by atoms with Crippen molar-refractivity contribution in [2.45, 2.75) is 31.0 Å². The van der Waals surface area contributed by atoms with Gasteiger partial charge in [0.1, 0.15) is 5.01 Å². The fraction of sp³-hybridized carbons (Fsp3) is 0.350. The van der Waals surface area contributed by atoms with E-state index < -0.39 is 0 Å². The van der Waals surface area contributed by atoms with Crippen molar-refractivity contribution in [3.8, 4) is 10.7 Å². The Kier molecular flexibility index (Phi) is 5.12. The van der Waals surface area contributed by atoms with E-state index in [-0.39, 0.29) is 28.3 Å². The smallest absolute Gasteiger partial charge is 0.331 e. The third kappa shape index (κ3) is 3.29. The molecule has 0 unspecified atom stereocenters. The summed E-state index contributed by atoms with van der Waals surface area (Å²) in [6.07, 6.45) is 1.53. The SMILES string of the molecule is Cc1csc(-c2c3c(=O)n(C)c(=O)n(Cc4coc(Cl)c4)c3c3n2C[C@@H](CN)SC3)n1. The lowest BCUT2D eigenvalue weighted by molar-refractivity contribution is 0.562. The van der Waals surface area contributed by atoms with E-state index in [1.807, 2.05) is 12.3 Å². The zero-order chi connectivity index (χ0) is 21.9. The van der Waals surface area contributed by atoms with Crippen molar-refractivity contribution in [3.05, 3.63) is 60.7 Å². The van der Waals surface area contributed by atoms with E-state index in [0.29, 0.717) is 29.7 Å². The van der Waals surface area contributed by atoms with E-state index >= 15 is 0 Å². The van der Waals surface area contributed by atoms with E-state index in [4.69, 9.17) is 21.8 Å². The van der Waals surface area contributed by atoms with Gasteiger partial charge in [-0.3, -0.25) is 13.9 Å². The molecule has 1 aliphatic rings. The minimum Gasteiger partial charge on any atom is -0.453 e. The van der Waals surface area contributed by atoms with Crippen LogP contribution in [-0.4, -0.2) is 30.5 Å². The van der Waals surface area contributed by atoms with E-state index in [1.165, 1.54) is 24.6 Å². The third-order valence-corrected chi connectivity index (χ3v) is 7.96. The first-order valence-electron chi connectivity index (χ1n) is 9.71. The molecule has 1 atom stereocenters. The van der Waals surface area contributed by atoms with Gasteiger partial charge in [-0.2, -0.15) is 0 Å². The Balaban J connectivity index is 1.88. The number of furan rings is 1. The molecule has 0 aliphatic carbocycles. The van der Waals surface area contributed by atoms with Gasteiger partial charge in [-0.1, -0.05) is 0 Å². The van der Waals surface area contributed by atoms with Gasteiger partial charge in [0.15, 0.2) is 5.22 Å². The van der Waals surface area contributed by atoms with Crippen LogP contribution in [0.1, 0.15) is 17.0 Å². The van der Waals surface area contributed by atoms with Gasteiger partial charge in [-0.15, -0.1) is 23.1 Å². The largest absolute Gasteiger partial charge is 0.453 e. The van der Waals surface area contributed by atoms with Crippen LogP contribution in [0.3, 0.4) is 0 Å². The summed E-state index contributed by atoms with van der Waals surface area (Å²) in [5.41, 5.74) is 9.27. The fourth-order valence-corrected chi connectivity index (χ4v) is 6.18. The van der Waals surface area contributed by atoms with E-state index in [2.05, 4.69) is 9.55 Å². The molecular weight excluding hydrogens is 458 g/mol. The quantitative estimate of drug-likeness (QED) is 0.485. The first kappa shape index (κ1) is 20.6. The molecule has 162 valence electrons. The molecule has 0 saturated heterocycles. The molecule has 0 bridgehead atoms. The van der Waals surface area contributed by atoms with Gasteiger partial charge in [-0.25, -0.2) is 9.78 Å². The van der Waals surface area contributed by atoms with Crippen molar-refractivity contribution in [2.24, 2.45) is 12.8 Å². The monoisotopic (exact) mass is 477 g/mol. The van der Waals surface area contributed by atoms with Gasteiger partial charge in [0.05, 0.1) is 35.1 Å². The summed E-state index contributed by atoms with van der Waals surface area (Å²) in [6, 6.07) is 1.68. The molecule has 0 saturated carbocycles. The topological polar surface area (TPSA) is 101 Å². The van der Waals surface area contributed by atoms with Gasteiger partial charge in [0.25, 0.3) is 5.56 Å². The van der Waals surface area contributed by atoms with Crippen LogP contribution in [0.25, 0.3) is 21.6 Å². The number of halogens is 1. The van der Waals surface area contributed by atoms with E-state index in [0.717, 1.165) is 32.2 Å². The van der Waals surface area contributed by atoms with Crippen LogP contribution in [0.4, 0.5) is 0 Å². The number of aryl methyl sites for hydroxylation is 1. The average molecular weight is 478 g/mol. The predicted octanol–water partition coefficient (Wildman–Crippen LogP) is 2.80. The molecular formula is C20H20ClN5O3S2. The maximum Gasteiger partial charge on any atom is 0.331 e. The second kappa shape index (κ2) is 7.70. The first-order valence-corrected chi connectivity index (χ1v) is 12.0. The summed E-state index contributed by atoms with van der Waals surface area (Å²) >= 11 is 9.18. The maximum absolute atomic E-state index is 13.4. The molecule has 0 spiro atoms. The molecule has 4 aromatic heterocycles. The molecule has 0 fully saturated rings. The van der Waals surface area contributed by atoms with Crippen LogP contribution in [0, 0.1) is 6.92 Å². The Bertz CT molecular complexity index is 1430. The number of nitrogens with zero attached hydrogens (tertiary/aromatic N) is 4. The van der Waals surface area contributed by atoms with Crippen LogP contribution in [0.15, 0.2) is 31.7 Å². The Labute approximate surface area is 190 Å². The number of thiazole rings is 1. The van der Waals surface area contributed by atoms with Gasteiger partial charge in [0, 0.05) is 53.8 Å². The number of rotatable bonds is 4. The summed E-state index contributed by atoms with van der Waals surface area (Å²) in [5.74, 6) is 0.654. The highest BCUT2D eigenvalue weighted by Gasteiger charge is 2.31. The minimum atomic E-state index is -0.379. The molecule has 31 heavy (non-hydrogen) atoms. The molecule has 0 aromatic carbocycles. The van der Waals surface area contributed by atoms with Crippen LogP contribution >= 0.6 is 34.7 Å². The van der Waals surface area contributed by atoms with Gasteiger partial charge < -0.3 is 14.7 Å². The van der Waals surface area contributed by atoms with Gasteiger partial charge in [0.2, 0.25) is 0 Å². The summed E-state index contributed by atoms with van der Waals surface area (Å²) in [5, 5.41) is 3.73. The van der Waals surface area contributed by atoms with Crippen molar-refractivity contribution in [2.75, 3.05) is 6.54 Å². The minimum absolute atomic E-state index is 0.228. The lowest BCUT2D eigenvalue weighted by Gasteiger charge is -2.24. The molecule has 5 heterocycles. The number of hydrogen-bond donors (Lipinski definition) is 1. The van der Waals surface area contributed by atoms with Crippen LogP contribution in [0.2, 0.25) is 5.22 Å². The molecule has 0 radical (unpaired) electrons. The summed E-state index contributed by atoms with van der Waals surface area (Å²) in [7, 11) is 1.51. The van der Waals surface area contributed by atoms with Gasteiger partial charge in [-0.05, 0) is 18.5 Å². The fourth-order valence-electron chi connectivity index (χ4n) is 4.07. The Morgan fingerprint density at radius 1 is 1.39 bits per heavy atom. The van der Waals surface area contributed by atoms with Crippen LogP contribution in [-0.2, 0) is 25.9 Å². The van der Waals surface area contributed by atoms with E-state index in [9.17, 15) is 9.59 Å². The second-order valence-electron chi connectivity index (χ2n) is 7.58. The predicted molar refractivity (Wildman–Crippen MR) is 124 cm³/mol. The highest BCUT2D eigenvalue weighted by Crippen LogP contribution is 2.39. The van der Waals surface area contributed by atoms with Crippen molar-refractivity contribution in [1.82, 2.24) is 18.7 Å². The lowest BCUT2D eigenvalue weighted by Crippen LogP contribution is -2.38. The summed E-state index contributed by atoms with van der Waals surface area (Å²) < 4.78 is 10.1. The zero-order valence-electron chi connectivity index (χ0n) is 16.9. The third-order valence-electron chi connectivity index (χ3n) is 5.54. The van der Waals surface area contributed by atoms with Crippen LogP contribution in [0.5, 0.6) is 0 Å². The van der Waals surface area contributed by atoms with E-state index in [1.54, 1.807) is 22.4 Å². The molecule has 5 rings (SSSR count). The number of nitrogens with two attached hydrogens (primary N) is 1. The highest BCUT2D eigenvalue weighted by atomic mass is 35.5. The molecule has 11 heteroatoms. The van der Waals surface area contributed by atoms with Crippen molar-refractivity contribution in [1.29, 1.82) is 0 Å². The lowest BCUT2D eigenvalue weighted by atomic mass is 10.2. The zero-order valence-corrected chi connectivity index (χ0v) is 19.3. The molecule has 4 aromatic rings. The van der Waals surface area contributed by atoms with Crippen molar-refractivity contribution < 1.29 is 4.42 Å². The molecule has 8 nitrogen and oxygen atoms in total. The number of hydrogen-bond acceptors (Lipinski definition) is 7. The Morgan fingerprint density at radius 2 is 2.19 bits per heavy atom. The Hall–Kier alpha value is -2.27. The molecule has 2 N–H and O–H groups in total. The summed E-state index contributed by atoms with van der Waals surface area (Å²) in [6.45, 7) is 3.37. The normalized spacial score (nSPS) is 16.2. The van der Waals surface area contributed by atoms with Crippen molar-refractivity contribution in [3.63, 3.8) is 0 Å². The Morgan fingerprint density at radius 3 is 2.84 bits per heavy atom. The van der Waals surface area contributed by atoms with Crippen LogP contribution < -0.4 is 17.0 Å². The van der Waals surface area contributed by atoms with Gasteiger partial charge >= 0.3 is 5.69 Å². The maximum atomic E-state index is 13.4. The highest BCUT2D eigenvalue weighted by molar-refractivity contribution is 7.99. The average Bonchev–Trinajstić information content (AvgIpc) is 3.45. The second-order valence-corrected chi connectivity index (χ2v) is 10.1. The number of thioether (sulfide) groups is 1. The summed E-state index contributed by atoms with van der Waals surface area (Å²) in [4.78, 5) is 31.2. The molecule has 0 amide bonds. The standard InChI is InChI=1S/C20H20ClN5O3S2/c1-10-8-31-18(23-10)17-15-16(13-9-30-12(4-22)6-25(13)17)26(20(28)24(2)19(15)27)5-11-3-14(21)29-7-11/h3,7-8,12H,4-6,9,22H2,1-2H3/t12-/m1/s1.